The summed E-state index contributed by atoms with van der Waals surface area (Å²) in [5.41, 5.74) is 0. The molecule has 2 aliphatic rings. The fourth-order valence-electron chi connectivity index (χ4n) is 3.42. The predicted octanol–water partition coefficient (Wildman–Crippen LogP) is 1.97. The van der Waals surface area contributed by atoms with E-state index in [2.05, 4.69) is 38.9 Å². The van der Waals surface area contributed by atoms with E-state index in [9.17, 15) is 0 Å². The molecule has 2 aliphatic heterocycles. The summed E-state index contributed by atoms with van der Waals surface area (Å²) in [7, 11) is 0. The SMILES string of the molecule is CCNc1nccc(N2CC3CCCCN3CC2C)n1. The zero-order valence-electron chi connectivity index (χ0n) is 12.5. The first-order valence-corrected chi connectivity index (χ1v) is 7.85. The van der Waals surface area contributed by atoms with Crippen LogP contribution in [0.3, 0.4) is 0 Å². The Kier molecular flexibility index (Phi) is 4.05. The van der Waals surface area contributed by atoms with Gasteiger partial charge in [-0.15, -0.1) is 0 Å². The van der Waals surface area contributed by atoms with Crippen molar-refractivity contribution in [1.29, 1.82) is 0 Å². The number of fused-ring (bicyclic) bond motifs is 1. The minimum atomic E-state index is 0.522. The molecule has 1 aromatic heterocycles. The fraction of sp³-hybridized carbons (Fsp3) is 0.733. The molecule has 110 valence electrons. The van der Waals surface area contributed by atoms with Crippen molar-refractivity contribution in [2.24, 2.45) is 0 Å². The lowest BCUT2D eigenvalue weighted by atomic mass is 9.97. The quantitative estimate of drug-likeness (QED) is 0.913. The Bertz CT molecular complexity index is 450. The van der Waals surface area contributed by atoms with E-state index in [1.54, 1.807) is 0 Å². The monoisotopic (exact) mass is 275 g/mol. The second-order valence-electron chi connectivity index (χ2n) is 5.91. The number of piperazine rings is 1. The Morgan fingerprint density at radius 3 is 3.10 bits per heavy atom. The number of nitrogens with one attached hydrogen (secondary N) is 1. The van der Waals surface area contributed by atoms with Gasteiger partial charge >= 0.3 is 0 Å². The van der Waals surface area contributed by atoms with Crippen LogP contribution in [0, 0.1) is 0 Å². The molecule has 2 fully saturated rings. The summed E-state index contributed by atoms with van der Waals surface area (Å²) in [5.74, 6) is 1.80. The lowest BCUT2D eigenvalue weighted by Crippen LogP contribution is -2.59. The Morgan fingerprint density at radius 2 is 2.25 bits per heavy atom. The van der Waals surface area contributed by atoms with E-state index in [-0.39, 0.29) is 0 Å². The van der Waals surface area contributed by atoms with Crippen molar-refractivity contribution in [2.75, 3.05) is 36.4 Å². The lowest BCUT2D eigenvalue weighted by molar-refractivity contribution is 0.115. The molecule has 3 heterocycles. The number of nitrogens with zero attached hydrogens (tertiary/aromatic N) is 4. The highest BCUT2D eigenvalue weighted by atomic mass is 15.3. The average Bonchev–Trinajstić information content (AvgIpc) is 2.47. The zero-order chi connectivity index (χ0) is 13.9. The zero-order valence-corrected chi connectivity index (χ0v) is 12.5. The largest absolute Gasteiger partial charge is 0.354 e. The van der Waals surface area contributed by atoms with Gasteiger partial charge in [0.15, 0.2) is 0 Å². The van der Waals surface area contributed by atoms with Gasteiger partial charge in [0.1, 0.15) is 5.82 Å². The Hall–Kier alpha value is -1.36. The summed E-state index contributed by atoms with van der Waals surface area (Å²) in [6, 6.07) is 3.27. The molecule has 1 N–H and O–H groups in total. The Labute approximate surface area is 121 Å². The second-order valence-corrected chi connectivity index (χ2v) is 5.91. The van der Waals surface area contributed by atoms with E-state index in [1.807, 2.05) is 12.3 Å². The maximum Gasteiger partial charge on any atom is 0.224 e. The van der Waals surface area contributed by atoms with Gasteiger partial charge < -0.3 is 10.2 Å². The molecule has 5 heteroatoms. The third-order valence-electron chi connectivity index (χ3n) is 4.46. The third-order valence-corrected chi connectivity index (χ3v) is 4.46. The van der Waals surface area contributed by atoms with Gasteiger partial charge in [-0.2, -0.15) is 4.98 Å². The molecule has 1 aromatic rings. The van der Waals surface area contributed by atoms with E-state index < -0.39 is 0 Å². The van der Waals surface area contributed by atoms with Gasteiger partial charge in [0.05, 0.1) is 0 Å². The summed E-state index contributed by atoms with van der Waals surface area (Å²) in [5, 5.41) is 3.20. The summed E-state index contributed by atoms with van der Waals surface area (Å²) in [4.78, 5) is 14.0. The number of aromatic nitrogens is 2. The van der Waals surface area contributed by atoms with E-state index in [1.165, 1.54) is 25.8 Å². The van der Waals surface area contributed by atoms with Crippen molar-refractivity contribution in [3.05, 3.63) is 12.3 Å². The molecule has 0 spiro atoms. The fourth-order valence-corrected chi connectivity index (χ4v) is 3.42. The van der Waals surface area contributed by atoms with Gasteiger partial charge in [-0.05, 0) is 39.3 Å². The highest BCUT2D eigenvalue weighted by molar-refractivity contribution is 5.44. The molecule has 0 bridgehead atoms. The third kappa shape index (κ3) is 2.73. The molecule has 3 rings (SSSR count). The van der Waals surface area contributed by atoms with Gasteiger partial charge in [0.25, 0.3) is 0 Å². The highest BCUT2D eigenvalue weighted by Gasteiger charge is 2.33. The molecule has 2 saturated heterocycles. The van der Waals surface area contributed by atoms with Crippen molar-refractivity contribution in [2.45, 2.75) is 45.2 Å². The van der Waals surface area contributed by atoms with Crippen LogP contribution in [0.25, 0.3) is 0 Å². The molecule has 0 aliphatic carbocycles. The van der Waals surface area contributed by atoms with Crippen LogP contribution in [0.4, 0.5) is 11.8 Å². The van der Waals surface area contributed by atoms with Crippen molar-refractivity contribution in [3.8, 4) is 0 Å². The van der Waals surface area contributed by atoms with Crippen LogP contribution in [0.15, 0.2) is 12.3 Å². The Balaban J connectivity index is 1.76. The lowest BCUT2D eigenvalue weighted by Gasteiger charge is -2.48. The van der Waals surface area contributed by atoms with Gasteiger partial charge in [-0.1, -0.05) is 6.42 Å². The maximum atomic E-state index is 4.66. The maximum absolute atomic E-state index is 4.66. The minimum Gasteiger partial charge on any atom is -0.354 e. The van der Waals surface area contributed by atoms with Gasteiger partial charge in [0.2, 0.25) is 5.95 Å². The van der Waals surface area contributed by atoms with Crippen LogP contribution in [0.5, 0.6) is 0 Å². The van der Waals surface area contributed by atoms with Crippen LogP contribution in [0.2, 0.25) is 0 Å². The summed E-state index contributed by atoms with van der Waals surface area (Å²) < 4.78 is 0. The van der Waals surface area contributed by atoms with Gasteiger partial charge in [-0.3, -0.25) is 4.90 Å². The average molecular weight is 275 g/mol. The molecule has 20 heavy (non-hydrogen) atoms. The summed E-state index contributed by atoms with van der Waals surface area (Å²) in [6.45, 7) is 8.76. The van der Waals surface area contributed by atoms with Crippen LogP contribution < -0.4 is 10.2 Å². The normalized spacial score (nSPS) is 27.2. The molecular weight excluding hydrogens is 250 g/mol. The van der Waals surface area contributed by atoms with E-state index in [0.29, 0.717) is 12.1 Å². The Morgan fingerprint density at radius 1 is 1.35 bits per heavy atom. The van der Waals surface area contributed by atoms with E-state index in [0.717, 1.165) is 31.4 Å². The number of piperidine rings is 1. The van der Waals surface area contributed by atoms with E-state index in [4.69, 9.17) is 0 Å². The van der Waals surface area contributed by atoms with Crippen LogP contribution >= 0.6 is 0 Å². The first-order chi connectivity index (χ1) is 9.78. The molecule has 2 atom stereocenters. The summed E-state index contributed by atoms with van der Waals surface area (Å²) >= 11 is 0. The predicted molar refractivity (Wildman–Crippen MR) is 82.2 cm³/mol. The topological polar surface area (TPSA) is 44.3 Å². The summed E-state index contributed by atoms with van der Waals surface area (Å²) in [6.07, 6.45) is 5.92. The molecule has 0 aromatic carbocycles. The number of anilines is 2. The van der Waals surface area contributed by atoms with Gasteiger partial charge in [-0.25, -0.2) is 4.98 Å². The van der Waals surface area contributed by atoms with Crippen LogP contribution in [0.1, 0.15) is 33.1 Å². The first-order valence-electron chi connectivity index (χ1n) is 7.85. The van der Waals surface area contributed by atoms with Crippen molar-refractivity contribution < 1.29 is 0 Å². The molecule has 5 nitrogen and oxygen atoms in total. The highest BCUT2D eigenvalue weighted by Crippen LogP contribution is 2.27. The standard InChI is InChI=1S/C15H25N5/c1-3-16-15-17-8-7-14(18-15)20-11-13-6-4-5-9-19(13)10-12(20)2/h7-8,12-13H,3-6,9-11H2,1-2H3,(H,16,17,18). The number of rotatable bonds is 3. The van der Waals surface area contributed by atoms with Gasteiger partial charge in [0, 0.05) is 37.9 Å². The molecule has 0 radical (unpaired) electrons. The van der Waals surface area contributed by atoms with Crippen molar-refractivity contribution >= 4 is 11.8 Å². The van der Waals surface area contributed by atoms with Crippen molar-refractivity contribution in [3.63, 3.8) is 0 Å². The molecule has 0 amide bonds. The molecular formula is C15H25N5. The smallest absolute Gasteiger partial charge is 0.224 e. The number of hydrogen-bond acceptors (Lipinski definition) is 5. The number of hydrogen-bond donors (Lipinski definition) is 1. The van der Waals surface area contributed by atoms with E-state index >= 15 is 0 Å². The first kappa shape index (κ1) is 13.6. The van der Waals surface area contributed by atoms with Crippen LogP contribution in [-0.4, -0.2) is 53.1 Å². The van der Waals surface area contributed by atoms with Crippen molar-refractivity contribution in [1.82, 2.24) is 14.9 Å². The molecule has 2 unspecified atom stereocenters. The van der Waals surface area contributed by atoms with Crippen LogP contribution in [-0.2, 0) is 0 Å². The molecule has 0 saturated carbocycles. The second kappa shape index (κ2) is 5.95. The minimum absolute atomic E-state index is 0.522.